The third kappa shape index (κ3) is 5.41. The van der Waals surface area contributed by atoms with Crippen LogP contribution < -0.4 is 17.0 Å². The molecule has 0 aliphatic rings. The van der Waals surface area contributed by atoms with Gasteiger partial charge in [-0.15, -0.1) is 6.42 Å². The maximum absolute atomic E-state index is 9.85. The molecule has 0 aliphatic heterocycles. The van der Waals surface area contributed by atoms with Crippen molar-refractivity contribution in [1.82, 2.24) is 0 Å². The Bertz CT molecular complexity index is 189. The van der Waals surface area contributed by atoms with Crippen molar-refractivity contribution < 1.29 is 21.8 Å². The Kier molecular flexibility index (Phi) is 10.3. The molecule has 1 nitrogen and oxygen atoms in total. The number of rotatable bonds is 2. The van der Waals surface area contributed by atoms with E-state index >= 15 is 0 Å². The number of carbonyl (C=O) groups excluding carboxylic acids is 1. The van der Waals surface area contributed by atoms with Crippen molar-refractivity contribution in [3.63, 3.8) is 0 Å². The van der Waals surface area contributed by atoms with Crippen LogP contribution in [0.3, 0.4) is 0 Å². The number of halogens is 1. The fourth-order valence-electron chi connectivity index (χ4n) is 0.679. The number of hydrogen-bond donors (Lipinski definition) is 0. The normalized spacial score (nSPS) is 7.27. The molecular formula is C8H7BrMgO. The van der Waals surface area contributed by atoms with Crippen LogP contribution in [0.4, 0.5) is 0 Å². The van der Waals surface area contributed by atoms with Gasteiger partial charge in [-0.3, -0.25) is 6.29 Å². The summed E-state index contributed by atoms with van der Waals surface area (Å²) in [5.41, 5.74) is 1.02. The first-order valence-corrected chi connectivity index (χ1v) is 2.82. The van der Waals surface area contributed by atoms with Crippen LogP contribution in [-0.4, -0.2) is 29.3 Å². The Morgan fingerprint density at radius 3 is 2.18 bits per heavy atom. The second-order valence-electron chi connectivity index (χ2n) is 1.81. The van der Waals surface area contributed by atoms with Gasteiger partial charge in [0.2, 0.25) is 0 Å². The molecule has 11 heavy (non-hydrogen) atoms. The number of benzene rings is 1. The summed E-state index contributed by atoms with van der Waals surface area (Å²) in [5, 5.41) is 0. The third-order valence-corrected chi connectivity index (χ3v) is 1.12. The Morgan fingerprint density at radius 1 is 1.18 bits per heavy atom. The van der Waals surface area contributed by atoms with E-state index in [0.717, 1.165) is 5.56 Å². The molecule has 0 fully saturated rings. The van der Waals surface area contributed by atoms with Crippen LogP contribution in [-0.2, 0) is 11.2 Å². The summed E-state index contributed by atoms with van der Waals surface area (Å²) in [4.78, 5) is 9.85. The van der Waals surface area contributed by atoms with Crippen LogP contribution in [0.25, 0.3) is 0 Å². The summed E-state index contributed by atoms with van der Waals surface area (Å²) in [6, 6.07) is 9.56. The maximum Gasteiger partial charge on any atom is 2.00 e. The third-order valence-electron chi connectivity index (χ3n) is 1.12. The smallest absolute Gasteiger partial charge is 1.00 e. The predicted octanol–water partition coefficient (Wildman–Crippen LogP) is -2.04. The van der Waals surface area contributed by atoms with E-state index < -0.39 is 0 Å². The van der Waals surface area contributed by atoms with E-state index in [9.17, 15) is 4.79 Å². The van der Waals surface area contributed by atoms with Crippen molar-refractivity contribution in [2.75, 3.05) is 0 Å². The number of hydrogen-bond acceptors (Lipinski definition) is 1. The largest absolute Gasteiger partial charge is 2.00 e. The predicted molar refractivity (Wildman–Crippen MR) is 41.6 cm³/mol. The second-order valence-corrected chi connectivity index (χ2v) is 1.81. The average Bonchev–Trinajstić information content (AvgIpc) is 1.91. The molecule has 0 atom stereocenters. The molecule has 0 bridgehead atoms. The van der Waals surface area contributed by atoms with E-state index in [1.165, 1.54) is 0 Å². The molecule has 1 rings (SSSR count). The van der Waals surface area contributed by atoms with Crippen LogP contribution >= 0.6 is 0 Å². The van der Waals surface area contributed by atoms with E-state index in [0.29, 0.717) is 6.42 Å². The molecule has 0 N–H and O–H groups in total. The molecule has 0 spiro atoms. The maximum atomic E-state index is 9.85. The van der Waals surface area contributed by atoms with Crippen molar-refractivity contribution in [1.29, 1.82) is 0 Å². The van der Waals surface area contributed by atoms with Gasteiger partial charge in [0.1, 0.15) is 0 Å². The standard InChI is InChI=1S/C8H7O.BrH.Mg/c9-7-6-8-4-2-1-3-5-8;;/h1-5H,6H2;1H;/q-1;;+2/p-1. The molecule has 3 heteroatoms. The van der Waals surface area contributed by atoms with Crippen molar-refractivity contribution in [3.05, 3.63) is 35.9 Å². The van der Waals surface area contributed by atoms with Gasteiger partial charge in [0.25, 0.3) is 0 Å². The van der Waals surface area contributed by atoms with Gasteiger partial charge in [-0.05, 0) is 0 Å². The van der Waals surface area contributed by atoms with Crippen molar-refractivity contribution >= 4 is 29.3 Å². The molecule has 1 aromatic rings. The quantitative estimate of drug-likeness (QED) is 0.417. The Hall–Kier alpha value is 0.136. The monoisotopic (exact) mass is 222 g/mol. The SMILES string of the molecule is O=[C-]Cc1ccccc1.[Br-].[Mg+2]. The summed E-state index contributed by atoms with van der Waals surface area (Å²) in [5.74, 6) is 0. The summed E-state index contributed by atoms with van der Waals surface area (Å²) >= 11 is 0. The van der Waals surface area contributed by atoms with Crippen molar-refractivity contribution in [2.45, 2.75) is 6.42 Å². The fraction of sp³-hybridized carbons (Fsp3) is 0.125. The first-order valence-electron chi connectivity index (χ1n) is 2.82. The Morgan fingerprint density at radius 2 is 1.73 bits per heavy atom. The minimum absolute atomic E-state index is 0. The van der Waals surface area contributed by atoms with Crippen LogP contribution in [0.2, 0.25) is 0 Å². The first kappa shape index (κ1) is 13.7. The van der Waals surface area contributed by atoms with Gasteiger partial charge in [-0.25, -0.2) is 0 Å². The van der Waals surface area contributed by atoms with Crippen LogP contribution in [0.5, 0.6) is 0 Å². The average molecular weight is 223 g/mol. The van der Waals surface area contributed by atoms with Crippen LogP contribution in [0.1, 0.15) is 5.56 Å². The molecular weight excluding hydrogens is 216 g/mol. The van der Waals surface area contributed by atoms with Gasteiger partial charge in [0.05, 0.1) is 0 Å². The molecule has 0 heterocycles. The summed E-state index contributed by atoms with van der Waals surface area (Å²) < 4.78 is 0. The summed E-state index contributed by atoms with van der Waals surface area (Å²) in [6.45, 7) is 0. The zero-order valence-electron chi connectivity index (χ0n) is 6.09. The zero-order chi connectivity index (χ0) is 6.53. The second kappa shape index (κ2) is 8.23. The van der Waals surface area contributed by atoms with Gasteiger partial charge in [-0.2, -0.15) is 0 Å². The topological polar surface area (TPSA) is 17.1 Å². The Balaban J connectivity index is 0. The fourth-order valence-corrected chi connectivity index (χ4v) is 0.679. The molecule has 1 aromatic carbocycles. The van der Waals surface area contributed by atoms with Crippen LogP contribution in [0, 0.1) is 0 Å². The molecule has 54 valence electrons. The molecule has 0 amide bonds. The van der Waals surface area contributed by atoms with Crippen LogP contribution in [0.15, 0.2) is 30.3 Å². The van der Waals surface area contributed by atoms with Crippen molar-refractivity contribution in [2.24, 2.45) is 0 Å². The van der Waals surface area contributed by atoms with Gasteiger partial charge in [0.15, 0.2) is 0 Å². The van der Waals surface area contributed by atoms with Gasteiger partial charge in [-0.1, -0.05) is 35.9 Å². The molecule has 0 saturated heterocycles. The van der Waals surface area contributed by atoms with Gasteiger partial charge >= 0.3 is 23.1 Å². The van der Waals surface area contributed by atoms with Gasteiger partial charge < -0.3 is 21.8 Å². The van der Waals surface area contributed by atoms with E-state index in [1.807, 2.05) is 36.6 Å². The molecule has 0 aliphatic carbocycles. The zero-order valence-corrected chi connectivity index (χ0v) is 9.09. The molecule has 0 saturated carbocycles. The molecule has 0 aromatic heterocycles. The van der Waals surface area contributed by atoms with Gasteiger partial charge in [0, 0.05) is 0 Å². The summed E-state index contributed by atoms with van der Waals surface area (Å²) in [6.07, 6.45) is 2.24. The summed E-state index contributed by atoms with van der Waals surface area (Å²) in [7, 11) is 0. The van der Waals surface area contributed by atoms with E-state index in [1.54, 1.807) is 0 Å². The van der Waals surface area contributed by atoms with E-state index in [4.69, 9.17) is 0 Å². The Labute approximate surface area is 93.1 Å². The molecule has 0 radical (unpaired) electrons. The van der Waals surface area contributed by atoms with E-state index in [2.05, 4.69) is 0 Å². The van der Waals surface area contributed by atoms with Crippen molar-refractivity contribution in [3.8, 4) is 0 Å². The van der Waals surface area contributed by atoms with E-state index in [-0.39, 0.29) is 40.0 Å². The molecule has 0 unspecified atom stereocenters. The minimum atomic E-state index is 0. The first-order chi connectivity index (χ1) is 4.43. The minimum Gasteiger partial charge on any atom is -1.00 e.